The fourth-order valence-electron chi connectivity index (χ4n) is 2.69. The zero-order valence-electron chi connectivity index (χ0n) is 12.2. The monoisotopic (exact) mass is 284 g/mol. The lowest BCUT2D eigenvalue weighted by Crippen LogP contribution is -2.28. The summed E-state index contributed by atoms with van der Waals surface area (Å²) in [6.45, 7) is 3.15. The molecule has 0 bridgehead atoms. The summed E-state index contributed by atoms with van der Waals surface area (Å²) in [5.41, 5.74) is 7.46. The third-order valence-corrected chi connectivity index (χ3v) is 3.83. The number of fused-ring (bicyclic) bond motifs is 1. The van der Waals surface area contributed by atoms with Crippen LogP contribution in [0.5, 0.6) is 0 Å². The van der Waals surface area contributed by atoms with Gasteiger partial charge in [-0.3, -0.25) is 0 Å². The minimum Gasteiger partial charge on any atom is -0.409 e. The molecule has 1 heterocycles. The SMILES string of the molecule is CCCN(c1cc(C(N)=NO)c2ccccc2n1)C1CC1. The Hall–Kier alpha value is -2.30. The first-order valence-electron chi connectivity index (χ1n) is 7.39. The molecule has 1 aromatic heterocycles. The topological polar surface area (TPSA) is 74.7 Å². The Kier molecular flexibility index (Phi) is 3.64. The van der Waals surface area contributed by atoms with Crippen LogP contribution >= 0.6 is 0 Å². The molecule has 110 valence electrons. The number of oxime groups is 1. The van der Waals surface area contributed by atoms with E-state index in [-0.39, 0.29) is 5.84 Å². The zero-order chi connectivity index (χ0) is 14.8. The summed E-state index contributed by atoms with van der Waals surface area (Å²) < 4.78 is 0. The Morgan fingerprint density at radius 1 is 1.43 bits per heavy atom. The Bertz CT molecular complexity index is 679. The number of benzene rings is 1. The van der Waals surface area contributed by atoms with Crippen molar-refractivity contribution in [3.8, 4) is 0 Å². The maximum absolute atomic E-state index is 9.03. The summed E-state index contributed by atoms with van der Waals surface area (Å²) >= 11 is 0. The van der Waals surface area contributed by atoms with Crippen LogP contribution in [0.4, 0.5) is 5.82 Å². The van der Waals surface area contributed by atoms with Crippen LogP contribution in [0.25, 0.3) is 10.9 Å². The van der Waals surface area contributed by atoms with E-state index in [1.165, 1.54) is 12.8 Å². The van der Waals surface area contributed by atoms with Crippen molar-refractivity contribution in [1.82, 2.24) is 4.98 Å². The molecule has 1 aromatic carbocycles. The first-order chi connectivity index (χ1) is 10.2. The maximum atomic E-state index is 9.03. The minimum atomic E-state index is 0.127. The van der Waals surface area contributed by atoms with Gasteiger partial charge in [-0.1, -0.05) is 30.3 Å². The van der Waals surface area contributed by atoms with Gasteiger partial charge in [0.05, 0.1) is 5.52 Å². The van der Waals surface area contributed by atoms with Gasteiger partial charge in [-0.15, -0.1) is 0 Å². The first kappa shape index (κ1) is 13.7. The van der Waals surface area contributed by atoms with E-state index in [2.05, 4.69) is 17.0 Å². The predicted octanol–water partition coefficient (Wildman–Crippen LogP) is 2.71. The summed E-state index contributed by atoms with van der Waals surface area (Å²) in [7, 11) is 0. The van der Waals surface area contributed by atoms with E-state index in [9.17, 15) is 0 Å². The lowest BCUT2D eigenvalue weighted by atomic mass is 10.1. The van der Waals surface area contributed by atoms with Gasteiger partial charge in [0.2, 0.25) is 0 Å². The highest BCUT2D eigenvalue weighted by Crippen LogP contribution is 2.32. The smallest absolute Gasteiger partial charge is 0.170 e. The Morgan fingerprint density at radius 2 is 2.19 bits per heavy atom. The molecule has 2 aromatic rings. The van der Waals surface area contributed by atoms with E-state index in [1.807, 2.05) is 30.3 Å². The van der Waals surface area contributed by atoms with Gasteiger partial charge in [-0.05, 0) is 31.4 Å². The standard InChI is InChI=1S/C16H20N4O/c1-2-9-20(11-7-8-11)15-10-13(16(17)19-21)12-5-3-4-6-14(12)18-15/h3-6,10-11,21H,2,7-9H2,1H3,(H2,17,19). The Morgan fingerprint density at radius 3 is 2.86 bits per heavy atom. The molecule has 0 spiro atoms. The molecule has 5 heteroatoms. The second kappa shape index (κ2) is 5.60. The largest absolute Gasteiger partial charge is 0.409 e. The van der Waals surface area contributed by atoms with Crippen LogP contribution in [0.1, 0.15) is 31.7 Å². The lowest BCUT2D eigenvalue weighted by Gasteiger charge is -2.24. The van der Waals surface area contributed by atoms with Gasteiger partial charge in [0, 0.05) is 23.5 Å². The molecule has 0 aliphatic heterocycles. The van der Waals surface area contributed by atoms with Crippen molar-refractivity contribution in [2.75, 3.05) is 11.4 Å². The van der Waals surface area contributed by atoms with Crippen LogP contribution in [-0.4, -0.2) is 28.6 Å². The highest BCUT2D eigenvalue weighted by molar-refractivity contribution is 6.08. The van der Waals surface area contributed by atoms with Gasteiger partial charge in [0.1, 0.15) is 5.82 Å². The molecule has 0 saturated heterocycles. The summed E-state index contributed by atoms with van der Waals surface area (Å²) in [5, 5.41) is 13.1. The van der Waals surface area contributed by atoms with Gasteiger partial charge in [-0.25, -0.2) is 4.98 Å². The predicted molar refractivity (Wildman–Crippen MR) is 84.9 cm³/mol. The molecule has 1 aliphatic carbocycles. The molecule has 3 rings (SSSR count). The average molecular weight is 284 g/mol. The van der Waals surface area contributed by atoms with Gasteiger partial charge in [0.25, 0.3) is 0 Å². The van der Waals surface area contributed by atoms with Crippen molar-refractivity contribution < 1.29 is 5.21 Å². The van der Waals surface area contributed by atoms with Crippen LogP contribution in [-0.2, 0) is 0 Å². The van der Waals surface area contributed by atoms with Crippen LogP contribution in [0, 0.1) is 0 Å². The van der Waals surface area contributed by atoms with Crippen molar-refractivity contribution in [3.63, 3.8) is 0 Å². The summed E-state index contributed by atoms with van der Waals surface area (Å²) in [4.78, 5) is 7.10. The lowest BCUT2D eigenvalue weighted by molar-refractivity contribution is 0.318. The van der Waals surface area contributed by atoms with E-state index in [1.54, 1.807) is 0 Å². The molecule has 1 saturated carbocycles. The highest BCUT2D eigenvalue weighted by atomic mass is 16.4. The molecular formula is C16H20N4O. The second-order valence-electron chi connectivity index (χ2n) is 5.45. The zero-order valence-corrected chi connectivity index (χ0v) is 12.2. The number of para-hydroxylation sites is 1. The van der Waals surface area contributed by atoms with Crippen molar-refractivity contribution in [2.24, 2.45) is 10.9 Å². The number of aromatic nitrogens is 1. The number of nitrogens with two attached hydrogens (primary N) is 1. The molecular weight excluding hydrogens is 264 g/mol. The molecule has 0 unspecified atom stereocenters. The summed E-state index contributed by atoms with van der Waals surface area (Å²) in [6, 6.07) is 10.3. The number of rotatable bonds is 5. The van der Waals surface area contributed by atoms with E-state index >= 15 is 0 Å². The van der Waals surface area contributed by atoms with E-state index in [0.29, 0.717) is 6.04 Å². The van der Waals surface area contributed by atoms with Gasteiger partial charge in [0.15, 0.2) is 5.84 Å². The van der Waals surface area contributed by atoms with Crippen LogP contribution in [0.15, 0.2) is 35.5 Å². The van der Waals surface area contributed by atoms with Crippen molar-refractivity contribution in [2.45, 2.75) is 32.2 Å². The minimum absolute atomic E-state index is 0.127. The fourth-order valence-corrected chi connectivity index (χ4v) is 2.69. The quantitative estimate of drug-likeness (QED) is 0.383. The summed E-state index contributed by atoms with van der Waals surface area (Å²) in [6.07, 6.45) is 3.50. The summed E-state index contributed by atoms with van der Waals surface area (Å²) in [5.74, 6) is 1.04. The van der Waals surface area contributed by atoms with E-state index in [4.69, 9.17) is 15.9 Å². The molecule has 1 aliphatic rings. The third kappa shape index (κ3) is 2.63. The van der Waals surface area contributed by atoms with Crippen molar-refractivity contribution in [3.05, 3.63) is 35.9 Å². The molecule has 0 radical (unpaired) electrons. The molecule has 5 nitrogen and oxygen atoms in total. The number of amidine groups is 1. The average Bonchev–Trinajstić information content (AvgIpc) is 3.35. The number of nitrogens with zero attached hydrogens (tertiary/aromatic N) is 3. The van der Waals surface area contributed by atoms with Crippen molar-refractivity contribution >= 4 is 22.6 Å². The van der Waals surface area contributed by atoms with Gasteiger partial charge in [-0.2, -0.15) is 0 Å². The van der Waals surface area contributed by atoms with Crippen LogP contribution in [0.2, 0.25) is 0 Å². The fraction of sp³-hybridized carbons (Fsp3) is 0.375. The highest BCUT2D eigenvalue weighted by Gasteiger charge is 2.30. The third-order valence-electron chi connectivity index (χ3n) is 3.83. The molecule has 0 atom stereocenters. The van der Waals surface area contributed by atoms with Crippen LogP contribution < -0.4 is 10.6 Å². The molecule has 21 heavy (non-hydrogen) atoms. The van der Waals surface area contributed by atoms with E-state index < -0.39 is 0 Å². The second-order valence-corrected chi connectivity index (χ2v) is 5.45. The van der Waals surface area contributed by atoms with Gasteiger partial charge >= 0.3 is 0 Å². The van der Waals surface area contributed by atoms with Crippen LogP contribution in [0.3, 0.4) is 0 Å². The number of hydrogen-bond donors (Lipinski definition) is 2. The maximum Gasteiger partial charge on any atom is 0.170 e. The van der Waals surface area contributed by atoms with Crippen molar-refractivity contribution in [1.29, 1.82) is 0 Å². The Balaban J connectivity index is 2.15. The number of pyridine rings is 1. The van der Waals surface area contributed by atoms with Gasteiger partial charge < -0.3 is 15.8 Å². The first-order valence-corrected chi connectivity index (χ1v) is 7.39. The van der Waals surface area contributed by atoms with E-state index in [0.717, 1.165) is 35.2 Å². The molecule has 1 fully saturated rings. The Labute approximate surface area is 124 Å². The molecule has 3 N–H and O–H groups in total. The number of anilines is 1. The number of hydrogen-bond acceptors (Lipinski definition) is 4. The molecule has 0 amide bonds. The normalized spacial score (nSPS) is 15.4.